The van der Waals surface area contributed by atoms with Crippen LogP contribution in [-0.2, 0) is 28.7 Å². The normalized spacial score (nSPS) is 34.6. The Kier molecular flexibility index (Phi) is 10.1. The number of ether oxygens (including phenoxy) is 2. The lowest BCUT2D eigenvalue weighted by Crippen LogP contribution is -2.60. The Bertz CT molecular complexity index is 1420. The van der Waals surface area contributed by atoms with Gasteiger partial charge in [-0.15, -0.1) is 0 Å². The van der Waals surface area contributed by atoms with Gasteiger partial charge in [0.1, 0.15) is 23.7 Å². The van der Waals surface area contributed by atoms with Crippen LogP contribution in [0.2, 0.25) is 0 Å². The highest BCUT2D eigenvalue weighted by Gasteiger charge is 2.74. The summed E-state index contributed by atoms with van der Waals surface area (Å²) in [6.45, 7) is 5.94. The maximum Gasteiger partial charge on any atom is 0.313 e. The lowest BCUT2D eigenvalue weighted by Gasteiger charge is -2.42. The van der Waals surface area contributed by atoms with Gasteiger partial charge in [0.25, 0.3) is 0 Å². The van der Waals surface area contributed by atoms with Crippen LogP contribution >= 0.6 is 0 Å². The van der Waals surface area contributed by atoms with Gasteiger partial charge in [0.05, 0.1) is 30.7 Å². The van der Waals surface area contributed by atoms with Gasteiger partial charge >= 0.3 is 5.97 Å². The van der Waals surface area contributed by atoms with Crippen molar-refractivity contribution in [3.63, 3.8) is 0 Å². The molecule has 10 heteroatoms. The van der Waals surface area contributed by atoms with E-state index in [0.717, 1.165) is 37.7 Å². The van der Waals surface area contributed by atoms with Crippen LogP contribution < -0.4 is 0 Å². The Balaban J connectivity index is 1.46. The Morgan fingerprint density at radius 3 is 2.42 bits per heavy atom. The van der Waals surface area contributed by atoms with Crippen LogP contribution in [0.25, 0.3) is 0 Å². The van der Waals surface area contributed by atoms with Crippen molar-refractivity contribution in [2.45, 2.75) is 114 Å². The Hall–Kier alpha value is -3.50. The number of cyclic esters (lactones) is 1. The first-order valence-corrected chi connectivity index (χ1v) is 17.9. The number of nitrogens with zero attached hydrogens (tertiary/aromatic N) is 3. The summed E-state index contributed by atoms with van der Waals surface area (Å²) >= 11 is 0. The zero-order valence-corrected chi connectivity index (χ0v) is 28.7. The van der Waals surface area contributed by atoms with E-state index in [1.165, 1.54) is 0 Å². The van der Waals surface area contributed by atoms with Crippen LogP contribution in [0.5, 0.6) is 0 Å². The topological polar surface area (TPSA) is 117 Å². The van der Waals surface area contributed by atoms with Gasteiger partial charge in [0, 0.05) is 26.1 Å². The molecule has 1 spiro atoms. The van der Waals surface area contributed by atoms with E-state index >= 15 is 4.79 Å². The number of carbonyl (C=O) groups is 4. The second kappa shape index (κ2) is 14.2. The molecule has 5 bridgehead atoms. The quantitative estimate of drug-likeness (QED) is 0.359. The minimum atomic E-state index is -1.36. The summed E-state index contributed by atoms with van der Waals surface area (Å²) in [5, 5.41) is 10.7. The molecular formula is C38H51N3O7. The maximum atomic E-state index is 15.1. The molecule has 5 aliphatic rings. The van der Waals surface area contributed by atoms with Crippen molar-refractivity contribution in [2.24, 2.45) is 17.8 Å². The van der Waals surface area contributed by atoms with E-state index in [1.54, 1.807) is 22.9 Å². The Labute approximate surface area is 284 Å². The number of aliphatic hydroxyl groups is 1. The predicted octanol–water partition coefficient (Wildman–Crippen LogP) is 4.19. The highest BCUT2D eigenvalue weighted by Crippen LogP contribution is 2.56. The number of hydrogen-bond acceptors (Lipinski definition) is 7. The van der Waals surface area contributed by atoms with E-state index in [-0.39, 0.29) is 42.7 Å². The first kappa shape index (κ1) is 34.4. The molecule has 8 atom stereocenters. The largest absolute Gasteiger partial charge is 0.455 e. The second-order valence-corrected chi connectivity index (χ2v) is 14.7. The summed E-state index contributed by atoms with van der Waals surface area (Å²) in [7, 11) is 1.73. The fourth-order valence-corrected chi connectivity index (χ4v) is 8.75. The van der Waals surface area contributed by atoms with Crippen molar-refractivity contribution in [3.05, 3.63) is 60.2 Å². The van der Waals surface area contributed by atoms with Gasteiger partial charge in [-0.05, 0) is 44.1 Å². The molecule has 260 valence electrons. The monoisotopic (exact) mass is 661 g/mol. The number of hydrogen-bond donors (Lipinski definition) is 1. The van der Waals surface area contributed by atoms with Crippen molar-refractivity contribution in [3.8, 4) is 0 Å². The van der Waals surface area contributed by atoms with Crippen molar-refractivity contribution in [2.75, 3.05) is 20.2 Å². The van der Waals surface area contributed by atoms with Gasteiger partial charge in [0.2, 0.25) is 17.7 Å². The smallest absolute Gasteiger partial charge is 0.313 e. The van der Waals surface area contributed by atoms with Crippen LogP contribution in [0.4, 0.5) is 0 Å². The predicted molar refractivity (Wildman–Crippen MR) is 179 cm³/mol. The Morgan fingerprint density at radius 2 is 1.73 bits per heavy atom. The summed E-state index contributed by atoms with van der Waals surface area (Å²) in [6.07, 6.45) is 12.1. The van der Waals surface area contributed by atoms with Gasteiger partial charge < -0.3 is 29.3 Å². The van der Waals surface area contributed by atoms with Crippen molar-refractivity contribution in [1.82, 2.24) is 14.7 Å². The number of fused-ring (bicyclic) bond motifs is 2. The van der Waals surface area contributed by atoms with Crippen LogP contribution in [0, 0.1) is 17.8 Å². The highest BCUT2D eigenvalue weighted by atomic mass is 16.6. The third-order valence-corrected chi connectivity index (χ3v) is 11.3. The average Bonchev–Trinajstić information content (AvgIpc) is 3.74. The van der Waals surface area contributed by atoms with E-state index in [9.17, 15) is 19.5 Å². The molecule has 4 heterocycles. The molecule has 4 aliphatic heterocycles. The molecule has 0 radical (unpaired) electrons. The maximum absolute atomic E-state index is 15.1. The number of benzene rings is 1. The number of amides is 3. The summed E-state index contributed by atoms with van der Waals surface area (Å²) < 4.78 is 13.0. The number of carbonyl (C=O) groups excluding carboxylic acids is 4. The fraction of sp³-hybridized carbons (Fsp3) is 0.632. The average molecular weight is 662 g/mol. The highest BCUT2D eigenvalue weighted by molar-refractivity contribution is 5.99. The third-order valence-electron chi connectivity index (χ3n) is 11.3. The molecule has 6 rings (SSSR count). The molecule has 3 amide bonds. The minimum absolute atomic E-state index is 0.00773. The molecule has 48 heavy (non-hydrogen) atoms. The van der Waals surface area contributed by atoms with Crippen molar-refractivity contribution < 1.29 is 33.8 Å². The van der Waals surface area contributed by atoms with E-state index in [2.05, 4.69) is 0 Å². The lowest BCUT2D eigenvalue weighted by atomic mass is 9.74. The first-order chi connectivity index (χ1) is 23.1. The van der Waals surface area contributed by atoms with Gasteiger partial charge in [-0.25, -0.2) is 0 Å². The molecule has 1 aliphatic carbocycles. The SMILES string of the molecule is CC(C)C[C@H](CO)N1C(=O)[C@@H]2[C@H]3C(=O)O[C@@H](c4ccccc4)[C@H](C)N(C)C(=O)CC/C=C\CN(C4CCCCC4)C(=O)[C@@H]1[C@]21C=C[C@H]3O1. The number of allylic oxidation sites excluding steroid dienone is 1. The molecule has 1 aromatic rings. The van der Waals surface area contributed by atoms with E-state index in [0.29, 0.717) is 19.4 Å². The first-order valence-electron chi connectivity index (χ1n) is 17.9. The van der Waals surface area contributed by atoms with Gasteiger partial charge in [-0.2, -0.15) is 0 Å². The van der Waals surface area contributed by atoms with Crippen molar-refractivity contribution in [1.29, 1.82) is 0 Å². The second-order valence-electron chi connectivity index (χ2n) is 14.7. The standard InChI is InChI=1S/C38H51N3O7/c1-24(2)22-28(23-42)41-34-36(45)40(27-16-10-6-11-17-27)21-13-7-12-18-30(43)39(4)25(3)33(26-14-8-5-9-15-26)47-37(46)31-29-19-20-38(34,48-29)32(31)35(41)44/h5,7-9,13-15,19-20,24-25,27-29,31-34,42H,6,10-12,16-18,21-23H2,1-4H3/b13-7-/t25-,28+,29+,31-,32-,33+,34+,38-/m0/s1. The molecule has 3 fully saturated rings. The molecule has 0 unspecified atom stereocenters. The zero-order valence-electron chi connectivity index (χ0n) is 28.7. The van der Waals surface area contributed by atoms with Crippen LogP contribution in [0.1, 0.15) is 83.8 Å². The van der Waals surface area contributed by atoms with Crippen LogP contribution in [-0.4, -0.2) is 99.6 Å². The third kappa shape index (κ3) is 6.10. The number of aliphatic hydroxyl groups excluding tert-OH is 1. The molecule has 1 aromatic carbocycles. The number of rotatable bonds is 6. The zero-order chi connectivity index (χ0) is 34.2. The van der Waals surface area contributed by atoms with E-state index in [1.807, 2.05) is 74.2 Å². The summed E-state index contributed by atoms with van der Waals surface area (Å²) in [5.41, 5.74) is -0.629. The summed E-state index contributed by atoms with van der Waals surface area (Å²) in [4.78, 5) is 62.7. The molecule has 1 saturated carbocycles. The molecular weight excluding hydrogens is 610 g/mol. The number of likely N-dealkylation sites (tertiary alicyclic amines) is 1. The van der Waals surface area contributed by atoms with Crippen molar-refractivity contribution >= 4 is 23.7 Å². The summed E-state index contributed by atoms with van der Waals surface area (Å²) in [6, 6.07) is 7.17. The molecule has 10 nitrogen and oxygen atoms in total. The fourth-order valence-electron chi connectivity index (χ4n) is 8.75. The molecule has 2 saturated heterocycles. The number of esters is 1. The molecule has 0 aromatic heterocycles. The van der Waals surface area contributed by atoms with Gasteiger partial charge in [-0.1, -0.05) is 87.7 Å². The number of likely N-dealkylation sites (N-methyl/N-ethyl adjacent to an activating group) is 1. The van der Waals surface area contributed by atoms with Crippen LogP contribution in [0.3, 0.4) is 0 Å². The van der Waals surface area contributed by atoms with Gasteiger partial charge in [0.15, 0.2) is 0 Å². The minimum Gasteiger partial charge on any atom is -0.455 e. The molecule has 1 N–H and O–H groups in total. The van der Waals surface area contributed by atoms with E-state index < -0.39 is 53.7 Å². The van der Waals surface area contributed by atoms with E-state index in [4.69, 9.17) is 9.47 Å². The summed E-state index contributed by atoms with van der Waals surface area (Å²) in [5.74, 6) is -3.09. The van der Waals surface area contributed by atoms with Crippen LogP contribution in [0.15, 0.2) is 54.6 Å². The van der Waals surface area contributed by atoms with Gasteiger partial charge in [-0.3, -0.25) is 19.2 Å². The Morgan fingerprint density at radius 1 is 1.00 bits per heavy atom. The lowest BCUT2D eigenvalue weighted by molar-refractivity contribution is -0.164.